The summed E-state index contributed by atoms with van der Waals surface area (Å²) in [6.45, 7) is 2.24. The average molecular weight is 346 g/mol. The molecule has 0 atom stereocenters. The fraction of sp³-hybridized carbons (Fsp3) is 0.682. The van der Waals surface area contributed by atoms with Crippen LogP contribution in [0.4, 0.5) is 0 Å². The molecule has 1 N–H and O–H groups in total. The molecule has 1 aromatic carbocycles. The molecule has 2 rings (SSSR count). The number of ether oxygens (including phenoxy) is 1. The highest BCUT2D eigenvalue weighted by Gasteiger charge is 2.13. The molecule has 140 valence electrons. The highest BCUT2D eigenvalue weighted by molar-refractivity contribution is 5.77. The molecule has 0 unspecified atom stereocenters. The van der Waals surface area contributed by atoms with E-state index in [1.165, 1.54) is 63.4 Å². The fourth-order valence-corrected chi connectivity index (χ4v) is 3.58. The zero-order valence-electron chi connectivity index (χ0n) is 15.9. The second-order valence-electron chi connectivity index (χ2n) is 7.31. The van der Waals surface area contributed by atoms with E-state index in [9.17, 15) is 4.79 Å². The third-order valence-electron chi connectivity index (χ3n) is 5.15. The smallest absolute Gasteiger partial charge is 0.258 e. The Bertz CT molecular complexity index is 489. The molecule has 3 nitrogen and oxygen atoms in total. The molecule has 0 saturated heterocycles. The Balaban J connectivity index is 1.75. The van der Waals surface area contributed by atoms with Gasteiger partial charge in [-0.3, -0.25) is 4.79 Å². The van der Waals surface area contributed by atoms with E-state index in [1.54, 1.807) is 0 Å². The van der Waals surface area contributed by atoms with Gasteiger partial charge in [-0.05, 0) is 37.0 Å². The lowest BCUT2D eigenvalue weighted by Crippen LogP contribution is -2.38. The highest BCUT2D eigenvalue weighted by atomic mass is 16.5. The maximum atomic E-state index is 12.3. The number of aryl methyl sites for hydroxylation is 1. The van der Waals surface area contributed by atoms with Gasteiger partial charge in [-0.2, -0.15) is 0 Å². The summed E-state index contributed by atoms with van der Waals surface area (Å²) < 4.78 is 5.68. The topological polar surface area (TPSA) is 38.3 Å². The molecule has 0 radical (unpaired) electrons. The summed E-state index contributed by atoms with van der Waals surface area (Å²) in [5.74, 6) is 0.798. The second kappa shape index (κ2) is 11.9. The number of carbonyl (C=O) groups is 1. The lowest BCUT2D eigenvalue weighted by molar-refractivity contribution is -0.123. The van der Waals surface area contributed by atoms with Gasteiger partial charge in [0.1, 0.15) is 5.75 Å². The lowest BCUT2D eigenvalue weighted by Gasteiger charge is -2.19. The highest BCUT2D eigenvalue weighted by Crippen LogP contribution is 2.17. The van der Waals surface area contributed by atoms with Crippen molar-refractivity contribution in [2.45, 2.75) is 90.0 Å². The van der Waals surface area contributed by atoms with Crippen molar-refractivity contribution < 1.29 is 9.53 Å². The zero-order chi connectivity index (χ0) is 17.7. The largest absolute Gasteiger partial charge is 0.484 e. The van der Waals surface area contributed by atoms with Gasteiger partial charge in [0.25, 0.3) is 5.91 Å². The van der Waals surface area contributed by atoms with Crippen LogP contribution in [-0.4, -0.2) is 18.6 Å². The van der Waals surface area contributed by atoms with Crippen molar-refractivity contribution >= 4 is 5.91 Å². The molecular weight excluding hydrogens is 310 g/mol. The minimum Gasteiger partial charge on any atom is -0.484 e. The van der Waals surface area contributed by atoms with Crippen molar-refractivity contribution in [2.75, 3.05) is 6.61 Å². The summed E-state index contributed by atoms with van der Waals surface area (Å²) in [5.41, 5.74) is 1.23. The maximum absolute atomic E-state index is 12.3. The summed E-state index contributed by atoms with van der Waals surface area (Å²) in [4.78, 5) is 12.3. The molecule has 0 aliphatic heterocycles. The Kier molecular flexibility index (Phi) is 9.46. The van der Waals surface area contributed by atoms with Gasteiger partial charge < -0.3 is 10.1 Å². The van der Waals surface area contributed by atoms with E-state index in [2.05, 4.69) is 18.3 Å². The molecule has 1 aromatic rings. The van der Waals surface area contributed by atoms with Crippen molar-refractivity contribution in [3.05, 3.63) is 29.8 Å². The number of nitrogens with one attached hydrogen (secondary N) is 1. The van der Waals surface area contributed by atoms with Crippen LogP contribution in [0.3, 0.4) is 0 Å². The van der Waals surface area contributed by atoms with Gasteiger partial charge in [-0.1, -0.05) is 76.8 Å². The van der Waals surface area contributed by atoms with Crippen LogP contribution in [0.5, 0.6) is 5.75 Å². The van der Waals surface area contributed by atoms with Crippen LogP contribution < -0.4 is 10.1 Å². The number of carbonyl (C=O) groups excluding carboxylic acids is 1. The van der Waals surface area contributed by atoms with Crippen molar-refractivity contribution in [2.24, 2.45) is 0 Å². The summed E-state index contributed by atoms with van der Waals surface area (Å²) in [6, 6.07) is 8.32. The van der Waals surface area contributed by atoms with Gasteiger partial charge in [0.15, 0.2) is 6.61 Å². The van der Waals surface area contributed by atoms with E-state index < -0.39 is 0 Å². The predicted octanol–water partition coefficient (Wildman–Crippen LogP) is 5.42. The lowest BCUT2D eigenvalue weighted by atomic mass is 9.98. The third-order valence-corrected chi connectivity index (χ3v) is 5.15. The van der Waals surface area contributed by atoms with E-state index in [1.807, 2.05) is 18.2 Å². The van der Waals surface area contributed by atoms with Crippen molar-refractivity contribution in [1.29, 1.82) is 0 Å². The van der Waals surface area contributed by atoms with Crippen LogP contribution in [0, 0.1) is 0 Å². The molecule has 1 aliphatic rings. The third kappa shape index (κ3) is 8.42. The first-order valence-corrected chi connectivity index (χ1v) is 10.3. The molecule has 0 heterocycles. The summed E-state index contributed by atoms with van der Waals surface area (Å²) in [5, 5.41) is 3.21. The fourth-order valence-electron chi connectivity index (χ4n) is 3.58. The Labute approximate surface area is 153 Å². The molecule has 0 spiro atoms. The molecule has 25 heavy (non-hydrogen) atoms. The SMILES string of the molecule is CCc1cccc(OCC(=O)NC2CCCCCCCCCCC2)c1. The molecule has 3 heteroatoms. The number of amides is 1. The normalized spacial score (nSPS) is 18.0. The van der Waals surface area contributed by atoms with Crippen LogP contribution in [0.2, 0.25) is 0 Å². The Morgan fingerprint density at radius 3 is 2.20 bits per heavy atom. The van der Waals surface area contributed by atoms with Crippen LogP contribution in [0.15, 0.2) is 24.3 Å². The summed E-state index contributed by atoms with van der Waals surface area (Å²) >= 11 is 0. The monoisotopic (exact) mass is 345 g/mol. The van der Waals surface area contributed by atoms with Crippen LogP contribution >= 0.6 is 0 Å². The molecule has 1 aliphatic carbocycles. The van der Waals surface area contributed by atoms with Crippen molar-refractivity contribution in [3.63, 3.8) is 0 Å². The summed E-state index contributed by atoms with van der Waals surface area (Å²) in [6.07, 6.45) is 15.1. The number of hydrogen-bond acceptors (Lipinski definition) is 2. The average Bonchev–Trinajstić information content (AvgIpc) is 2.62. The van der Waals surface area contributed by atoms with Crippen molar-refractivity contribution in [3.8, 4) is 5.75 Å². The minimum atomic E-state index is 0.0130. The molecule has 0 aromatic heterocycles. The van der Waals surface area contributed by atoms with Crippen LogP contribution in [0.1, 0.15) is 83.1 Å². The molecular formula is C22H35NO2. The maximum Gasteiger partial charge on any atom is 0.258 e. The number of rotatable bonds is 5. The Morgan fingerprint density at radius 1 is 1.00 bits per heavy atom. The minimum absolute atomic E-state index is 0.0130. The van der Waals surface area contributed by atoms with Gasteiger partial charge in [-0.25, -0.2) is 0 Å². The predicted molar refractivity (Wildman–Crippen MR) is 104 cm³/mol. The first-order chi connectivity index (χ1) is 12.3. The molecule has 0 bridgehead atoms. The Hall–Kier alpha value is -1.51. The van der Waals surface area contributed by atoms with E-state index in [0.29, 0.717) is 6.04 Å². The second-order valence-corrected chi connectivity index (χ2v) is 7.31. The van der Waals surface area contributed by atoms with E-state index in [4.69, 9.17) is 4.74 Å². The molecule has 1 fully saturated rings. The van der Waals surface area contributed by atoms with Gasteiger partial charge in [-0.15, -0.1) is 0 Å². The summed E-state index contributed by atoms with van der Waals surface area (Å²) in [7, 11) is 0. The van der Waals surface area contributed by atoms with Gasteiger partial charge >= 0.3 is 0 Å². The molecule has 1 saturated carbocycles. The van der Waals surface area contributed by atoms with Gasteiger partial charge in [0, 0.05) is 6.04 Å². The number of hydrogen-bond donors (Lipinski definition) is 1. The molecule has 1 amide bonds. The van der Waals surface area contributed by atoms with E-state index in [0.717, 1.165) is 25.0 Å². The quantitative estimate of drug-likeness (QED) is 0.774. The zero-order valence-corrected chi connectivity index (χ0v) is 15.9. The van der Waals surface area contributed by atoms with Gasteiger partial charge in [0.05, 0.1) is 0 Å². The number of benzene rings is 1. The first-order valence-electron chi connectivity index (χ1n) is 10.3. The Morgan fingerprint density at radius 2 is 1.60 bits per heavy atom. The standard InChI is InChI=1S/C22H35NO2/c1-2-19-13-12-16-21(17-19)25-18-22(24)23-20-14-10-8-6-4-3-5-7-9-11-15-20/h12-13,16-17,20H,2-11,14-15,18H2,1H3,(H,23,24). The van der Waals surface area contributed by atoms with Crippen LogP contribution in [-0.2, 0) is 11.2 Å². The van der Waals surface area contributed by atoms with E-state index in [-0.39, 0.29) is 12.5 Å². The van der Waals surface area contributed by atoms with Gasteiger partial charge in [0.2, 0.25) is 0 Å². The van der Waals surface area contributed by atoms with E-state index >= 15 is 0 Å². The first kappa shape index (κ1) is 19.8. The van der Waals surface area contributed by atoms with Crippen LogP contribution in [0.25, 0.3) is 0 Å². The van der Waals surface area contributed by atoms with Crippen molar-refractivity contribution in [1.82, 2.24) is 5.32 Å².